The molecule has 1 unspecified atom stereocenters. The van der Waals surface area contributed by atoms with Gasteiger partial charge in [-0.1, -0.05) is 45.0 Å². The number of hydrogen-bond acceptors (Lipinski definition) is 11. The monoisotopic (exact) mass is 789 g/mol. The minimum atomic E-state index is -0.844. The van der Waals surface area contributed by atoms with E-state index in [0.29, 0.717) is 24.9 Å². The van der Waals surface area contributed by atoms with Crippen LogP contribution in [0.25, 0.3) is 0 Å². The molecule has 1 aliphatic heterocycles. The molecule has 6 rings (SSSR count). The second-order valence-corrected chi connectivity index (χ2v) is 15.5. The predicted molar refractivity (Wildman–Crippen MR) is 224 cm³/mol. The zero-order valence-corrected chi connectivity index (χ0v) is 34.1. The van der Waals surface area contributed by atoms with Crippen molar-refractivity contribution in [3.05, 3.63) is 107 Å². The largest absolute Gasteiger partial charge is 0.490 e. The molecule has 1 aliphatic carbocycles. The van der Waals surface area contributed by atoms with Crippen LogP contribution < -0.4 is 25.0 Å². The first-order valence-electron chi connectivity index (χ1n) is 20.1. The van der Waals surface area contributed by atoms with Gasteiger partial charge in [-0.15, -0.1) is 0 Å². The highest BCUT2D eigenvalue weighted by Crippen LogP contribution is 2.35. The van der Waals surface area contributed by atoms with Crippen LogP contribution in [0.5, 0.6) is 11.5 Å². The Bertz CT molecular complexity index is 2030. The maximum absolute atomic E-state index is 13.5. The fraction of sp³-hybridized carbons (Fsp3) is 0.422. The molecule has 1 atom stereocenters. The lowest BCUT2D eigenvalue weighted by Crippen LogP contribution is -2.47. The Morgan fingerprint density at radius 3 is 2.24 bits per heavy atom. The summed E-state index contributed by atoms with van der Waals surface area (Å²) in [5.74, 6) is 1.49. The Labute approximate surface area is 341 Å². The highest BCUT2D eigenvalue weighted by Gasteiger charge is 2.32. The normalized spacial score (nSPS) is 17.4. The lowest BCUT2D eigenvalue weighted by Gasteiger charge is -2.36. The molecule has 13 nitrogen and oxygen atoms in total. The van der Waals surface area contributed by atoms with E-state index < -0.39 is 11.9 Å². The third-order valence-corrected chi connectivity index (χ3v) is 11.4. The van der Waals surface area contributed by atoms with E-state index >= 15 is 0 Å². The van der Waals surface area contributed by atoms with Gasteiger partial charge in [-0.3, -0.25) is 14.4 Å². The van der Waals surface area contributed by atoms with Crippen molar-refractivity contribution in [3.8, 4) is 11.5 Å². The van der Waals surface area contributed by atoms with Gasteiger partial charge in [0.15, 0.2) is 6.29 Å². The number of likely N-dealkylation sites (N-methyl/N-ethyl adjacent to an activating group) is 3. The summed E-state index contributed by atoms with van der Waals surface area (Å²) in [6, 6.07) is 22.7. The molecule has 3 aromatic carbocycles. The van der Waals surface area contributed by atoms with Crippen LogP contribution in [-0.2, 0) is 21.6 Å². The summed E-state index contributed by atoms with van der Waals surface area (Å²) in [7, 11) is 2.98. The Kier molecular flexibility index (Phi) is 13.8. The van der Waals surface area contributed by atoms with Crippen molar-refractivity contribution in [1.82, 2.24) is 25.1 Å². The number of rotatable bonds is 18. The van der Waals surface area contributed by atoms with E-state index in [4.69, 9.17) is 14.5 Å². The molecular formula is C45H55N7O6. The van der Waals surface area contributed by atoms with Crippen molar-refractivity contribution in [2.75, 3.05) is 57.0 Å². The topological polar surface area (TPSA) is 146 Å². The molecule has 0 bridgehead atoms. The number of ether oxygens (including phenoxy) is 2. The Hall–Kier alpha value is -5.82. The molecule has 1 aromatic heterocycles. The Morgan fingerprint density at radius 2 is 1.62 bits per heavy atom. The maximum Gasteiger partial charge on any atom is 0.255 e. The summed E-state index contributed by atoms with van der Waals surface area (Å²) in [6.45, 7) is 11.9. The number of hydrogen-bond donors (Lipinski definition) is 2. The Morgan fingerprint density at radius 1 is 0.948 bits per heavy atom. The van der Waals surface area contributed by atoms with Crippen molar-refractivity contribution in [2.24, 2.45) is 0 Å². The van der Waals surface area contributed by atoms with Crippen molar-refractivity contribution < 1.29 is 28.7 Å². The van der Waals surface area contributed by atoms with Crippen LogP contribution in [0, 0.1) is 0 Å². The van der Waals surface area contributed by atoms with Crippen molar-refractivity contribution >= 4 is 36.0 Å². The third-order valence-electron chi connectivity index (χ3n) is 11.4. The van der Waals surface area contributed by atoms with E-state index in [0.717, 1.165) is 74.3 Å². The number of nitrogens with zero attached hydrogens (tertiary/aromatic N) is 5. The molecule has 1 saturated heterocycles. The number of aromatic nitrogens is 2. The van der Waals surface area contributed by atoms with Gasteiger partial charge in [0, 0.05) is 88.4 Å². The molecule has 1 saturated carbocycles. The van der Waals surface area contributed by atoms with Gasteiger partial charge in [0.25, 0.3) is 5.91 Å². The first kappa shape index (κ1) is 41.8. The molecule has 13 heteroatoms. The lowest BCUT2D eigenvalue weighted by molar-refractivity contribution is -0.125. The van der Waals surface area contributed by atoms with Crippen molar-refractivity contribution in [2.45, 2.75) is 76.7 Å². The molecule has 306 valence electrons. The molecule has 2 fully saturated rings. The number of benzene rings is 3. The molecule has 2 N–H and O–H groups in total. The summed E-state index contributed by atoms with van der Waals surface area (Å²) in [5.41, 5.74) is 4.03. The van der Waals surface area contributed by atoms with Crippen LogP contribution in [0.2, 0.25) is 0 Å². The molecule has 0 spiro atoms. The summed E-state index contributed by atoms with van der Waals surface area (Å²) >= 11 is 0. The molecule has 4 aromatic rings. The minimum absolute atomic E-state index is 0.0296. The second-order valence-electron chi connectivity index (χ2n) is 15.5. The third kappa shape index (κ3) is 10.00. The van der Waals surface area contributed by atoms with Crippen molar-refractivity contribution in [1.29, 1.82) is 0 Å². The van der Waals surface area contributed by atoms with E-state index in [9.17, 15) is 19.2 Å². The summed E-state index contributed by atoms with van der Waals surface area (Å²) in [4.78, 5) is 64.0. The number of amides is 2. The van der Waals surface area contributed by atoms with E-state index in [1.807, 2.05) is 36.5 Å². The summed E-state index contributed by atoms with van der Waals surface area (Å²) < 4.78 is 12.4. The SMILES string of the molecule is CCN1CCN(c2nccc(COc3ccc(C(C)(C)c4ccc(OC5CC(Nc6ccc(C=O)c(C(=O)N(C)C(CCC=O)C(=O)NC)c6)C5)cc4)cc3)n2)CC1. The zero-order valence-electron chi connectivity index (χ0n) is 34.1. The number of carbonyl (C=O) groups is 4. The smallest absolute Gasteiger partial charge is 0.255 e. The lowest BCUT2D eigenvalue weighted by atomic mass is 9.78. The number of aldehydes is 2. The average molecular weight is 790 g/mol. The number of piperazine rings is 1. The van der Waals surface area contributed by atoms with Gasteiger partial charge in [-0.25, -0.2) is 9.97 Å². The number of carbonyl (C=O) groups excluding carboxylic acids is 4. The van der Waals surface area contributed by atoms with E-state index in [-0.39, 0.29) is 47.4 Å². The average Bonchev–Trinajstić information content (AvgIpc) is 3.25. The second kappa shape index (κ2) is 19.1. The maximum atomic E-state index is 13.5. The van der Waals surface area contributed by atoms with Crippen LogP contribution in [0.4, 0.5) is 11.6 Å². The summed E-state index contributed by atoms with van der Waals surface area (Å²) in [6.07, 6.45) is 5.02. The van der Waals surface area contributed by atoms with Gasteiger partial charge in [-0.2, -0.15) is 0 Å². The minimum Gasteiger partial charge on any atom is -0.490 e. The molecule has 2 heterocycles. The quantitative estimate of drug-likeness (QED) is 0.123. The van der Waals surface area contributed by atoms with Gasteiger partial charge in [0.1, 0.15) is 36.5 Å². The van der Waals surface area contributed by atoms with E-state index in [1.54, 1.807) is 18.2 Å². The van der Waals surface area contributed by atoms with E-state index in [2.05, 4.69) is 70.5 Å². The first-order valence-corrected chi connectivity index (χ1v) is 20.1. The molecular weight excluding hydrogens is 735 g/mol. The van der Waals surface area contributed by atoms with Gasteiger partial charge in [-0.05, 0) is 72.6 Å². The molecule has 0 radical (unpaired) electrons. The van der Waals surface area contributed by atoms with Gasteiger partial charge >= 0.3 is 0 Å². The van der Waals surface area contributed by atoms with Crippen molar-refractivity contribution in [3.63, 3.8) is 0 Å². The van der Waals surface area contributed by atoms with Crippen LogP contribution in [0.3, 0.4) is 0 Å². The standard InChI is InChI=1S/C45H55N7O6/c1-6-51-21-23-52(24-22-51)44-47-20-19-35(49-44)30-57-37-15-10-32(11-16-37)45(2,3)33-12-17-38(18-13-33)58-39-26-36(27-39)48-34-14-9-31(29-54)40(28-34)43(56)50(5)41(8-7-25-53)42(55)46-4/h9-20,25,28-29,36,39,41,48H,6-8,21-24,26-27,30H2,1-5H3,(H,46,55). The summed E-state index contributed by atoms with van der Waals surface area (Å²) in [5, 5.41) is 6.00. The highest BCUT2D eigenvalue weighted by atomic mass is 16.5. The highest BCUT2D eigenvalue weighted by molar-refractivity contribution is 6.04. The van der Waals surface area contributed by atoms with Crippen LogP contribution >= 0.6 is 0 Å². The fourth-order valence-corrected chi connectivity index (χ4v) is 7.49. The number of anilines is 2. The fourth-order valence-electron chi connectivity index (χ4n) is 7.49. The van der Waals surface area contributed by atoms with Gasteiger partial charge < -0.3 is 39.6 Å². The zero-order chi connectivity index (χ0) is 41.2. The van der Waals surface area contributed by atoms with Crippen LogP contribution in [0.15, 0.2) is 79.0 Å². The van der Waals surface area contributed by atoms with Gasteiger partial charge in [0.2, 0.25) is 11.9 Å². The molecule has 2 aliphatic rings. The molecule has 58 heavy (non-hydrogen) atoms. The van der Waals surface area contributed by atoms with Crippen LogP contribution in [-0.4, -0.2) is 109 Å². The Balaban J connectivity index is 0.987. The molecule has 2 amide bonds. The predicted octanol–water partition coefficient (Wildman–Crippen LogP) is 5.52. The van der Waals surface area contributed by atoms with Gasteiger partial charge in [0.05, 0.1) is 11.3 Å². The first-order chi connectivity index (χ1) is 28.0. The van der Waals surface area contributed by atoms with E-state index in [1.165, 1.54) is 24.6 Å². The number of nitrogens with one attached hydrogen (secondary N) is 2. The van der Waals surface area contributed by atoms with Crippen LogP contribution in [0.1, 0.15) is 84.0 Å².